The molecule has 1 unspecified atom stereocenters. The maximum absolute atomic E-state index is 12.8. The Labute approximate surface area is 191 Å². The van der Waals surface area contributed by atoms with Crippen molar-refractivity contribution in [2.24, 2.45) is 11.3 Å². The minimum atomic E-state index is -0.715. The van der Waals surface area contributed by atoms with E-state index in [0.717, 1.165) is 51.7 Å². The summed E-state index contributed by atoms with van der Waals surface area (Å²) in [7, 11) is 0. The zero-order chi connectivity index (χ0) is 21.9. The molecule has 2 aromatic rings. The lowest BCUT2D eigenvalue weighted by atomic mass is 9.73. The number of fused-ring (bicyclic) bond motifs is 4. The van der Waals surface area contributed by atoms with Crippen LogP contribution in [0.1, 0.15) is 61.8 Å². The molecule has 7 rings (SSSR count). The molecule has 2 atom stereocenters. The Morgan fingerprint density at radius 3 is 2.53 bits per heavy atom. The van der Waals surface area contributed by atoms with Gasteiger partial charge < -0.3 is 10.0 Å². The lowest BCUT2D eigenvalue weighted by Crippen LogP contribution is -2.60. The first-order valence-electron chi connectivity index (χ1n) is 12.5. The fraction of sp³-hybridized carbons (Fsp3) is 0.536. The van der Waals surface area contributed by atoms with Crippen molar-refractivity contribution in [1.29, 1.82) is 0 Å². The third kappa shape index (κ3) is 3.26. The first kappa shape index (κ1) is 20.3. The molecule has 4 heteroatoms. The van der Waals surface area contributed by atoms with Gasteiger partial charge in [-0.25, -0.2) is 4.79 Å². The Hall–Kier alpha value is -2.33. The minimum absolute atomic E-state index is 0.0188. The van der Waals surface area contributed by atoms with Crippen molar-refractivity contribution in [3.63, 3.8) is 0 Å². The number of benzene rings is 2. The summed E-state index contributed by atoms with van der Waals surface area (Å²) in [5, 5.41) is 10.5. The number of hydrogen-bond acceptors (Lipinski definition) is 2. The van der Waals surface area contributed by atoms with Crippen LogP contribution in [0.5, 0.6) is 0 Å². The van der Waals surface area contributed by atoms with Crippen LogP contribution in [-0.2, 0) is 12.8 Å². The van der Waals surface area contributed by atoms with E-state index in [9.17, 15) is 9.90 Å². The smallest absolute Gasteiger partial charge is 0.408 e. The Balaban J connectivity index is 1.39. The van der Waals surface area contributed by atoms with E-state index in [-0.39, 0.29) is 17.5 Å². The fourth-order valence-corrected chi connectivity index (χ4v) is 6.91. The number of rotatable bonds is 4. The number of nitrogens with zero attached hydrogens (tertiary/aromatic N) is 2. The number of aryl methyl sites for hydroxylation is 2. The molecule has 2 aromatic carbocycles. The average molecular weight is 431 g/mol. The second-order valence-electron chi connectivity index (χ2n) is 10.6. The topological polar surface area (TPSA) is 43.8 Å². The van der Waals surface area contributed by atoms with Gasteiger partial charge >= 0.3 is 6.09 Å². The predicted molar refractivity (Wildman–Crippen MR) is 127 cm³/mol. The van der Waals surface area contributed by atoms with Crippen LogP contribution in [0.15, 0.2) is 42.5 Å². The first-order chi connectivity index (χ1) is 15.6. The highest BCUT2D eigenvalue weighted by Crippen LogP contribution is 2.63. The van der Waals surface area contributed by atoms with Crippen molar-refractivity contribution in [2.75, 3.05) is 19.6 Å². The molecule has 2 aliphatic carbocycles. The molecule has 3 aliphatic heterocycles. The van der Waals surface area contributed by atoms with Crippen LogP contribution in [-0.4, -0.2) is 46.7 Å². The second-order valence-corrected chi connectivity index (χ2v) is 10.6. The first-order valence-corrected chi connectivity index (χ1v) is 12.5. The maximum Gasteiger partial charge on any atom is 0.408 e. The molecule has 4 fully saturated rings. The largest absolute Gasteiger partial charge is 0.465 e. The number of hydrogen-bond donors (Lipinski definition) is 1. The van der Waals surface area contributed by atoms with E-state index in [1.807, 2.05) is 4.90 Å². The molecule has 0 radical (unpaired) electrons. The molecular weight excluding hydrogens is 396 g/mol. The van der Waals surface area contributed by atoms with Crippen molar-refractivity contribution in [2.45, 2.75) is 64.0 Å². The second kappa shape index (κ2) is 7.62. The number of amides is 1. The highest BCUT2D eigenvalue weighted by molar-refractivity contribution is 5.69. The van der Waals surface area contributed by atoms with Gasteiger partial charge in [-0.05, 0) is 97.2 Å². The van der Waals surface area contributed by atoms with Gasteiger partial charge in [-0.1, -0.05) is 49.4 Å². The third-order valence-electron chi connectivity index (χ3n) is 8.95. The fourth-order valence-electron chi connectivity index (χ4n) is 6.91. The molecule has 3 saturated heterocycles. The third-order valence-corrected chi connectivity index (χ3v) is 8.95. The molecule has 1 saturated carbocycles. The molecule has 1 N–H and O–H groups in total. The zero-order valence-electron chi connectivity index (χ0n) is 19.1. The average Bonchev–Trinajstić information content (AvgIpc) is 3.61. The highest BCUT2D eigenvalue weighted by Gasteiger charge is 2.57. The molecule has 5 aliphatic rings. The Bertz CT molecular complexity index is 1040. The van der Waals surface area contributed by atoms with Gasteiger partial charge in [0.25, 0.3) is 0 Å². The van der Waals surface area contributed by atoms with Gasteiger partial charge in [0.1, 0.15) is 0 Å². The number of piperidine rings is 3. The van der Waals surface area contributed by atoms with Crippen molar-refractivity contribution in [3.8, 4) is 11.1 Å². The summed E-state index contributed by atoms with van der Waals surface area (Å²) in [6.45, 7) is 5.39. The van der Waals surface area contributed by atoms with Crippen LogP contribution < -0.4 is 0 Å². The van der Waals surface area contributed by atoms with Crippen molar-refractivity contribution < 1.29 is 9.90 Å². The standard InChI is InChI=1S/C28H34N2O2/c1-2-19-4-3-5-21(16-19)22-6-7-24-23(17-22)8-11-28(12-13-28)26(24)30(27(31)32)25-18-29-14-9-20(25)10-15-29/h3-7,16-17,20,25-26H,2,8-15,18H2,1H3,(H,31,32)/t25?,26-/m1/s1. The summed E-state index contributed by atoms with van der Waals surface area (Å²) in [5.74, 6) is 0.522. The van der Waals surface area contributed by atoms with Crippen molar-refractivity contribution >= 4 is 6.09 Å². The summed E-state index contributed by atoms with van der Waals surface area (Å²) in [4.78, 5) is 17.2. The zero-order valence-corrected chi connectivity index (χ0v) is 19.1. The van der Waals surface area contributed by atoms with Gasteiger partial charge in [-0.3, -0.25) is 4.90 Å². The molecular formula is C28H34N2O2. The normalized spacial score (nSPS) is 29.5. The van der Waals surface area contributed by atoms with Crippen LogP contribution in [0.2, 0.25) is 0 Å². The van der Waals surface area contributed by atoms with E-state index in [4.69, 9.17) is 0 Å². The van der Waals surface area contributed by atoms with Gasteiger partial charge in [-0.15, -0.1) is 0 Å². The molecule has 1 spiro atoms. The quantitative estimate of drug-likeness (QED) is 0.671. The van der Waals surface area contributed by atoms with E-state index >= 15 is 0 Å². The van der Waals surface area contributed by atoms with E-state index in [0.29, 0.717) is 5.92 Å². The van der Waals surface area contributed by atoms with E-state index in [1.54, 1.807) is 0 Å². The van der Waals surface area contributed by atoms with Gasteiger partial charge in [0.05, 0.1) is 12.1 Å². The van der Waals surface area contributed by atoms with Gasteiger partial charge in [0.15, 0.2) is 0 Å². The summed E-state index contributed by atoms with van der Waals surface area (Å²) in [6, 6.07) is 15.8. The number of carboxylic acid groups (broad SMARTS) is 1. The van der Waals surface area contributed by atoms with Crippen LogP contribution in [0.25, 0.3) is 11.1 Å². The molecule has 168 valence electrons. The molecule has 3 heterocycles. The van der Waals surface area contributed by atoms with Crippen LogP contribution in [0.3, 0.4) is 0 Å². The van der Waals surface area contributed by atoms with Crippen molar-refractivity contribution in [3.05, 3.63) is 59.2 Å². The Kier molecular flexibility index (Phi) is 4.83. The number of carbonyl (C=O) groups is 1. The molecule has 4 nitrogen and oxygen atoms in total. The molecule has 32 heavy (non-hydrogen) atoms. The SMILES string of the molecule is CCc1cccc(-c2ccc3c(c2)CCC2(CC2)[C@@H]3N(C(=O)O)C2CN3CCC2CC3)c1. The lowest BCUT2D eigenvalue weighted by Gasteiger charge is -2.52. The van der Waals surface area contributed by atoms with E-state index in [2.05, 4.69) is 54.3 Å². The maximum atomic E-state index is 12.8. The summed E-state index contributed by atoms with van der Waals surface area (Å²) in [6.07, 6.45) is 7.14. The Morgan fingerprint density at radius 1 is 1.09 bits per heavy atom. The van der Waals surface area contributed by atoms with Crippen LogP contribution in [0.4, 0.5) is 4.79 Å². The van der Waals surface area contributed by atoms with Crippen LogP contribution in [0, 0.1) is 11.3 Å². The summed E-state index contributed by atoms with van der Waals surface area (Å²) in [5.41, 5.74) is 6.69. The van der Waals surface area contributed by atoms with Crippen molar-refractivity contribution in [1.82, 2.24) is 9.80 Å². The van der Waals surface area contributed by atoms with Gasteiger partial charge in [0.2, 0.25) is 0 Å². The summed E-state index contributed by atoms with van der Waals surface area (Å²) < 4.78 is 0. The van der Waals surface area contributed by atoms with Crippen LogP contribution >= 0.6 is 0 Å². The predicted octanol–water partition coefficient (Wildman–Crippen LogP) is 5.76. The minimum Gasteiger partial charge on any atom is -0.465 e. The van der Waals surface area contributed by atoms with Gasteiger partial charge in [-0.2, -0.15) is 0 Å². The molecule has 1 amide bonds. The highest BCUT2D eigenvalue weighted by atomic mass is 16.4. The Morgan fingerprint density at radius 2 is 1.88 bits per heavy atom. The summed E-state index contributed by atoms with van der Waals surface area (Å²) >= 11 is 0. The van der Waals surface area contributed by atoms with Gasteiger partial charge in [0, 0.05) is 6.54 Å². The molecule has 2 bridgehead atoms. The van der Waals surface area contributed by atoms with E-state index in [1.165, 1.54) is 40.7 Å². The van der Waals surface area contributed by atoms with E-state index < -0.39 is 6.09 Å². The lowest BCUT2D eigenvalue weighted by molar-refractivity contribution is -0.0243. The monoisotopic (exact) mass is 430 g/mol. The molecule has 0 aromatic heterocycles.